The van der Waals surface area contributed by atoms with E-state index in [2.05, 4.69) is 30.3 Å². The van der Waals surface area contributed by atoms with Crippen molar-refractivity contribution in [3.63, 3.8) is 0 Å². The van der Waals surface area contributed by atoms with Gasteiger partial charge in [-0.15, -0.1) is 0 Å². The van der Waals surface area contributed by atoms with E-state index in [1.165, 1.54) is 0 Å². The lowest BCUT2D eigenvalue weighted by atomic mass is 10.1. The fraction of sp³-hybridized carbons (Fsp3) is 0.529. The number of rotatable bonds is 5. The Labute approximate surface area is 130 Å². The van der Waals surface area contributed by atoms with Gasteiger partial charge in [-0.2, -0.15) is 0 Å². The number of aryl methyl sites for hydroxylation is 1. The Morgan fingerprint density at radius 2 is 2.23 bits per heavy atom. The van der Waals surface area contributed by atoms with Crippen molar-refractivity contribution in [2.24, 2.45) is 5.92 Å². The van der Waals surface area contributed by atoms with Crippen molar-refractivity contribution in [2.45, 2.75) is 46.2 Å². The molecule has 1 saturated heterocycles. The fourth-order valence-corrected chi connectivity index (χ4v) is 3.08. The minimum Gasteiger partial charge on any atom is -0.458 e. The lowest BCUT2D eigenvalue weighted by Gasteiger charge is -2.21. The first-order chi connectivity index (χ1) is 10.6. The maximum atomic E-state index is 12.0. The van der Waals surface area contributed by atoms with Crippen LogP contribution >= 0.6 is 0 Å². The van der Waals surface area contributed by atoms with Crippen molar-refractivity contribution in [3.05, 3.63) is 30.3 Å². The minimum absolute atomic E-state index is 0.257. The highest BCUT2D eigenvalue weighted by molar-refractivity contribution is 5.78. The van der Waals surface area contributed by atoms with Crippen molar-refractivity contribution in [1.82, 2.24) is 14.5 Å². The number of carbonyl (C=O) groups excluding carboxylic acids is 1. The van der Waals surface area contributed by atoms with Crippen molar-refractivity contribution in [3.8, 4) is 11.6 Å². The lowest BCUT2D eigenvalue weighted by Crippen LogP contribution is -2.32. The fourth-order valence-electron chi connectivity index (χ4n) is 3.08. The second kappa shape index (κ2) is 5.99. The van der Waals surface area contributed by atoms with Crippen LogP contribution in [0, 0.1) is 5.92 Å². The summed E-state index contributed by atoms with van der Waals surface area (Å²) in [4.78, 5) is 18.4. The molecule has 3 heterocycles. The summed E-state index contributed by atoms with van der Waals surface area (Å²) in [5.74, 6) is 3.20. The molecular formula is C17H23N3O2. The van der Waals surface area contributed by atoms with Crippen molar-refractivity contribution >= 4 is 5.91 Å². The number of hydrogen-bond acceptors (Lipinski definition) is 3. The Bertz CT molecular complexity index is 656. The standard InChI is InChI=1S/C17H23N3O2/c1-4-14-5-6-15(22-14)17-18-7-8-19(17)10-13-9-16(21)20(11-13)12(2)3/h5-8,12-13H,4,9-11H2,1-3H3/t13-/m0/s1. The van der Waals surface area contributed by atoms with Gasteiger partial charge in [-0.1, -0.05) is 6.92 Å². The van der Waals surface area contributed by atoms with Gasteiger partial charge in [0, 0.05) is 50.3 Å². The third-order valence-electron chi connectivity index (χ3n) is 4.26. The van der Waals surface area contributed by atoms with Crippen LogP contribution in [0.15, 0.2) is 28.9 Å². The van der Waals surface area contributed by atoms with Crippen LogP contribution in [-0.2, 0) is 17.8 Å². The predicted molar refractivity (Wildman–Crippen MR) is 84.3 cm³/mol. The number of hydrogen-bond donors (Lipinski definition) is 0. The molecule has 1 atom stereocenters. The molecule has 0 aliphatic carbocycles. The molecule has 0 unspecified atom stereocenters. The molecule has 1 aliphatic heterocycles. The Balaban J connectivity index is 1.75. The Morgan fingerprint density at radius 3 is 2.86 bits per heavy atom. The van der Waals surface area contributed by atoms with E-state index in [0.29, 0.717) is 12.3 Å². The van der Waals surface area contributed by atoms with Gasteiger partial charge in [-0.25, -0.2) is 4.98 Å². The van der Waals surface area contributed by atoms with Crippen LogP contribution in [0.2, 0.25) is 0 Å². The number of nitrogens with zero attached hydrogens (tertiary/aromatic N) is 3. The maximum absolute atomic E-state index is 12.0. The minimum atomic E-state index is 0.257. The zero-order chi connectivity index (χ0) is 15.7. The van der Waals surface area contributed by atoms with Crippen molar-refractivity contribution < 1.29 is 9.21 Å². The van der Waals surface area contributed by atoms with E-state index >= 15 is 0 Å². The van der Waals surface area contributed by atoms with Gasteiger partial charge < -0.3 is 13.9 Å². The summed E-state index contributed by atoms with van der Waals surface area (Å²) in [6.45, 7) is 7.83. The summed E-state index contributed by atoms with van der Waals surface area (Å²) in [6.07, 6.45) is 5.25. The van der Waals surface area contributed by atoms with E-state index in [0.717, 1.165) is 36.9 Å². The van der Waals surface area contributed by atoms with E-state index in [1.807, 2.05) is 23.2 Å². The summed E-state index contributed by atoms with van der Waals surface area (Å²) in [6, 6.07) is 4.24. The molecule has 5 nitrogen and oxygen atoms in total. The molecule has 5 heteroatoms. The number of imidazole rings is 1. The smallest absolute Gasteiger partial charge is 0.223 e. The number of carbonyl (C=O) groups is 1. The van der Waals surface area contributed by atoms with Crippen LogP contribution in [0.25, 0.3) is 11.6 Å². The van der Waals surface area contributed by atoms with Gasteiger partial charge in [0.25, 0.3) is 0 Å². The summed E-state index contributed by atoms with van der Waals surface area (Å²) in [7, 11) is 0. The highest BCUT2D eigenvalue weighted by Gasteiger charge is 2.31. The molecule has 3 rings (SSSR count). The molecule has 0 radical (unpaired) electrons. The van der Waals surface area contributed by atoms with E-state index < -0.39 is 0 Å². The largest absolute Gasteiger partial charge is 0.458 e. The number of aromatic nitrogens is 2. The number of amides is 1. The highest BCUT2D eigenvalue weighted by atomic mass is 16.3. The molecular weight excluding hydrogens is 278 g/mol. The van der Waals surface area contributed by atoms with E-state index in [4.69, 9.17) is 4.42 Å². The average molecular weight is 301 g/mol. The first-order valence-corrected chi connectivity index (χ1v) is 7.98. The Kier molecular flexibility index (Phi) is 4.05. The van der Waals surface area contributed by atoms with E-state index in [-0.39, 0.29) is 11.9 Å². The molecule has 1 amide bonds. The first-order valence-electron chi connectivity index (χ1n) is 7.98. The monoisotopic (exact) mass is 301 g/mol. The maximum Gasteiger partial charge on any atom is 0.223 e. The zero-order valence-electron chi connectivity index (χ0n) is 13.5. The molecule has 0 bridgehead atoms. The topological polar surface area (TPSA) is 51.3 Å². The second-order valence-electron chi connectivity index (χ2n) is 6.23. The molecule has 0 N–H and O–H groups in total. The zero-order valence-corrected chi connectivity index (χ0v) is 13.5. The average Bonchev–Trinajstić information content (AvgIpc) is 3.18. The second-order valence-corrected chi connectivity index (χ2v) is 6.23. The summed E-state index contributed by atoms with van der Waals surface area (Å²) in [5, 5.41) is 0. The quantitative estimate of drug-likeness (QED) is 0.853. The third-order valence-corrected chi connectivity index (χ3v) is 4.26. The highest BCUT2D eigenvalue weighted by Crippen LogP contribution is 2.25. The van der Waals surface area contributed by atoms with Crippen LogP contribution < -0.4 is 0 Å². The lowest BCUT2D eigenvalue weighted by molar-refractivity contribution is -0.129. The summed E-state index contributed by atoms with van der Waals surface area (Å²) >= 11 is 0. The van der Waals surface area contributed by atoms with Crippen molar-refractivity contribution in [2.75, 3.05) is 6.54 Å². The summed E-state index contributed by atoms with van der Waals surface area (Å²) in [5.41, 5.74) is 0. The van der Waals surface area contributed by atoms with Gasteiger partial charge in [0.05, 0.1) is 0 Å². The molecule has 2 aromatic heterocycles. The summed E-state index contributed by atoms with van der Waals surface area (Å²) < 4.78 is 7.90. The van der Waals surface area contributed by atoms with Gasteiger partial charge in [0.2, 0.25) is 5.91 Å². The molecule has 1 aliphatic rings. The molecule has 2 aromatic rings. The first kappa shape index (κ1) is 14.9. The third kappa shape index (κ3) is 2.80. The molecule has 0 saturated carbocycles. The van der Waals surface area contributed by atoms with Crippen LogP contribution in [0.1, 0.15) is 33.0 Å². The van der Waals surface area contributed by atoms with Crippen LogP contribution in [0.5, 0.6) is 0 Å². The molecule has 0 aromatic carbocycles. The van der Waals surface area contributed by atoms with Gasteiger partial charge in [0.15, 0.2) is 11.6 Å². The molecule has 22 heavy (non-hydrogen) atoms. The Hall–Kier alpha value is -2.04. The Morgan fingerprint density at radius 1 is 1.41 bits per heavy atom. The van der Waals surface area contributed by atoms with Gasteiger partial charge >= 0.3 is 0 Å². The molecule has 0 spiro atoms. The van der Waals surface area contributed by atoms with Gasteiger partial charge in [-0.05, 0) is 26.0 Å². The van der Waals surface area contributed by atoms with E-state index in [1.54, 1.807) is 6.20 Å². The van der Waals surface area contributed by atoms with Gasteiger partial charge in [0.1, 0.15) is 5.76 Å². The van der Waals surface area contributed by atoms with Crippen LogP contribution in [0.4, 0.5) is 0 Å². The molecule has 1 fully saturated rings. The van der Waals surface area contributed by atoms with Gasteiger partial charge in [-0.3, -0.25) is 4.79 Å². The van der Waals surface area contributed by atoms with Crippen molar-refractivity contribution in [1.29, 1.82) is 0 Å². The SMILES string of the molecule is CCc1ccc(-c2nccn2C[C@@H]2CC(=O)N(C(C)C)C2)o1. The normalized spacial score (nSPS) is 18.6. The molecule has 118 valence electrons. The van der Waals surface area contributed by atoms with E-state index in [9.17, 15) is 4.79 Å². The van der Waals surface area contributed by atoms with Crippen LogP contribution in [0.3, 0.4) is 0 Å². The number of likely N-dealkylation sites (tertiary alicyclic amines) is 1. The van der Waals surface area contributed by atoms with Crippen LogP contribution in [-0.4, -0.2) is 32.9 Å². The number of furan rings is 1. The predicted octanol–water partition coefficient (Wildman–Crippen LogP) is 2.96.